The molecular formula is C14H11FN2O. The topological polar surface area (TPSA) is 41.1 Å². The molecule has 0 bridgehead atoms. The van der Waals surface area contributed by atoms with Crippen molar-refractivity contribution in [2.75, 3.05) is 10.6 Å². The van der Waals surface area contributed by atoms with Crippen LogP contribution in [0.25, 0.3) is 0 Å². The van der Waals surface area contributed by atoms with Gasteiger partial charge in [-0.3, -0.25) is 4.79 Å². The summed E-state index contributed by atoms with van der Waals surface area (Å²) >= 11 is 0. The summed E-state index contributed by atoms with van der Waals surface area (Å²) in [6, 6.07) is 13.3. The van der Waals surface area contributed by atoms with Crippen molar-refractivity contribution in [2.24, 2.45) is 0 Å². The number of benzene rings is 2. The van der Waals surface area contributed by atoms with E-state index < -0.39 is 6.04 Å². The second-order valence-electron chi connectivity index (χ2n) is 4.17. The molecule has 0 aromatic heterocycles. The molecule has 0 unspecified atom stereocenters. The third-order valence-corrected chi connectivity index (χ3v) is 2.93. The fourth-order valence-corrected chi connectivity index (χ4v) is 2.05. The highest BCUT2D eigenvalue weighted by atomic mass is 19.1. The van der Waals surface area contributed by atoms with Crippen molar-refractivity contribution in [1.82, 2.24) is 0 Å². The molecule has 1 amide bonds. The molecule has 0 saturated heterocycles. The lowest BCUT2D eigenvalue weighted by Gasteiger charge is -2.27. The highest BCUT2D eigenvalue weighted by Gasteiger charge is 2.26. The SMILES string of the molecule is O=C1Nc2cc(F)ccc2N[C@H]1c1ccccc1. The Hall–Kier alpha value is -2.36. The van der Waals surface area contributed by atoms with Gasteiger partial charge >= 0.3 is 0 Å². The molecule has 1 aliphatic rings. The van der Waals surface area contributed by atoms with Crippen molar-refractivity contribution in [3.63, 3.8) is 0 Å². The molecule has 1 aliphatic heterocycles. The van der Waals surface area contributed by atoms with Crippen LogP contribution in [0.1, 0.15) is 11.6 Å². The third-order valence-electron chi connectivity index (χ3n) is 2.93. The van der Waals surface area contributed by atoms with E-state index in [9.17, 15) is 9.18 Å². The molecule has 0 radical (unpaired) electrons. The van der Waals surface area contributed by atoms with Crippen LogP contribution in [-0.2, 0) is 4.79 Å². The Labute approximate surface area is 104 Å². The van der Waals surface area contributed by atoms with Gasteiger partial charge in [-0.05, 0) is 23.8 Å². The van der Waals surface area contributed by atoms with Gasteiger partial charge in [0.1, 0.15) is 11.9 Å². The minimum atomic E-state index is -0.441. The number of hydrogen-bond donors (Lipinski definition) is 2. The maximum Gasteiger partial charge on any atom is 0.251 e. The Morgan fingerprint density at radius 3 is 2.56 bits per heavy atom. The number of carbonyl (C=O) groups excluding carboxylic acids is 1. The van der Waals surface area contributed by atoms with E-state index in [0.717, 1.165) is 11.3 Å². The summed E-state index contributed by atoms with van der Waals surface area (Å²) < 4.78 is 13.1. The van der Waals surface area contributed by atoms with Crippen LogP contribution in [0.2, 0.25) is 0 Å². The predicted octanol–water partition coefficient (Wildman–Crippen LogP) is 2.93. The Morgan fingerprint density at radius 1 is 1.00 bits per heavy atom. The zero-order chi connectivity index (χ0) is 12.5. The van der Waals surface area contributed by atoms with Crippen molar-refractivity contribution >= 4 is 17.3 Å². The average Bonchev–Trinajstić information content (AvgIpc) is 2.39. The molecule has 4 heteroatoms. The molecule has 1 atom stereocenters. The molecule has 90 valence electrons. The first-order valence-electron chi connectivity index (χ1n) is 5.66. The Bertz CT molecular complexity index is 598. The van der Waals surface area contributed by atoms with Gasteiger partial charge in [0.25, 0.3) is 5.91 Å². The van der Waals surface area contributed by atoms with E-state index in [2.05, 4.69) is 10.6 Å². The third kappa shape index (κ3) is 1.82. The van der Waals surface area contributed by atoms with Gasteiger partial charge in [0.05, 0.1) is 11.4 Å². The van der Waals surface area contributed by atoms with Gasteiger partial charge in [-0.2, -0.15) is 0 Å². The van der Waals surface area contributed by atoms with Crippen molar-refractivity contribution in [3.8, 4) is 0 Å². The molecule has 3 nitrogen and oxygen atoms in total. The molecule has 0 aliphatic carbocycles. The van der Waals surface area contributed by atoms with Crippen molar-refractivity contribution < 1.29 is 9.18 Å². The van der Waals surface area contributed by atoms with E-state index in [1.807, 2.05) is 30.3 Å². The van der Waals surface area contributed by atoms with Gasteiger partial charge in [0.15, 0.2) is 0 Å². The highest BCUT2D eigenvalue weighted by Crippen LogP contribution is 2.32. The largest absolute Gasteiger partial charge is 0.368 e. The fraction of sp³-hybridized carbons (Fsp3) is 0.0714. The summed E-state index contributed by atoms with van der Waals surface area (Å²) in [6.45, 7) is 0. The highest BCUT2D eigenvalue weighted by molar-refractivity contribution is 6.03. The van der Waals surface area contributed by atoms with E-state index in [0.29, 0.717) is 5.69 Å². The minimum absolute atomic E-state index is 0.181. The zero-order valence-corrected chi connectivity index (χ0v) is 9.48. The summed E-state index contributed by atoms with van der Waals surface area (Å²) in [5.41, 5.74) is 2.09. The van der Waals surface area contributed by atoms with Crippen molar-refractivity contribution in [1.29, 1.82) is 0 Å². The summed E-state index contributed by atoms with van der Waals surface area (Å²) in [7, 11) is 0. The van der Waals surface area contributed by atoms with E-state index in [1.54, 1.807) is 6.07 Å². The molecule has 2 aromatic carbocycles. The molecular weight excluding hydrogens is 231 g/mol. The number of hydrogen-bond acceptors (Lipinski definition) is 2. The number of halogens is 1. The number of fused-ring (bicyclic) bond motifs is 1. The fourth-order valence-electron chi connectivity index (χ4n) is 2.05. The van der Waals surface area contributed by atoms with E-state index in [4.69, 9.17) is 0 Å². The molecule has 18 heavy (non-hydrogen) atoms. The number of amides is 1. The number of nitrogens with one attached hydrogen (secondary N) is 2. The van der Waals surface area contributed by atoms with Gasteiger partial charge in [0, 0.05) is 0 Å². The van der Waals surface area contributed by atoms with Crippen LogP contribution in [0, 0.1) is 5.82 Å². The number of carbonyl (C=O) groups is 1. The first-order valence-corrected chi connectivity index (χ1v) is 5.66. The quantitative estimate of drug-likeness (QED) is 0.807. The molecule has 0 fully saturated rings. The zero-order valence-electron chi connectivity index (χ0n) is 9.48. The smallest absolute Gasteiger partial charge is 0.251 e. The second-order valence-corrected chi connectivity index (χ2v) is 4.17. The minimum Gasteiger partial charge on any atom is -0.368 e. The van der Waals surface area contributed by atoms with Crippen LogP contribution in [-0.4, -0.2) is 5.91 Å². The Kier molecular flexibility index (Phi) is 2.48. The van der Waals surface area contributed by atoms with Crippen molar-refractivity contribution in [2.45, 2.75) is 6.04 Å². The van der Waals surface area contributed by atoms with Crippen LogP contribution in [0.3, 0.4) is 0 Å². The number of rotatable bonds is 1. The Balaban J connectivity index is 1.97. The maximum absolute atomic E-state index is 13.1. The lowest BCUT2D eigenvalue weighted by atomic mass is 10.0. The monoisotopic (exact) mass is 242 g/mol. The summed E-state index contributed by atoms with van der Waals surface area (Å²) in [6.07, 6.45) is 0. The van der Waals surface area contributed by atoms with Gasteiger partial charge < -0.3 is 10.6 Å². The predicted molar refractivity (Wildman–Crippen MR) is 67.8 cm³/mol. The second kappa shape index (κ2) is 4.14. The molecule has 0 spiro atoms. The van der Waals surface area contributed by atoms with Gasteiger partial charge in [-0.15, -0.1) is 0 Å². The lowest BCUT2D eigenvalue weighted by molar-refractivity contribution is -0.117. The molecule has 3 rings (SSSR count). The number of anilines is 2. The van der Waals surface area contributed by atoms with Crippen LogP contribution in [0.15, 0.2) is 48.5 Å². The Morgan fingerprint density at radius 2 is 1.78 bits per heavy atom. The molecule has 1 heterocycles. The lowest BCUT2D eigenvalue weighted by Crippen LogP contribution is -2.31. The normalized spacial score (nSPS) is 17.6. The van der Waals surface area contributed by atoms with Gasteiger partial charge in [-0.1, -0.05) is 30.3 Å². The average molecular weight is 242 g/mol. The van der Waals surface area contributed by atoms with Crippen LogP contribution in [0.4, 0.5) is 15.8 Å². The first-order chi connectivity index (χ1) is 8.74. The molecule has 2 N–H and O–H groups in total. The molecule has 0 saturated carbocycles. The van der Waals surface area contributed by atoms with Crippen LogP contribution in [0.5, 0.6) is 0 Å². The van der Waals surface area contributed by atoms with Crippen LogP contribution >= 0.6 is 0 Å². The van der Waals surface area contributed by atoms with E-state index in [1.165, 1.54) is 12.1 Å². The maximum atomic E-state index is 13.1. The molecule has 2 aromatic rings. The standard InChI is InChI=1S/C14H11FN2O/c15-10-6-7-11-12(8-10)17-14(18)13(16-11)9-4-2-1-3-5-9/h1-8,13,16H,(H,17,18)/t13-/m0/s1. The summed E-state index contributed by atoms with van der Waals surface area (Å²) in [4.78, 5) is 12.0. The van der Waals surface area contributed by atoms with E-state index >= 15 is 0 Å². The van der Waals surface area contributed by atoms with E-state index in [-0.39, 0.29) is 11.7 Å². The summed E-state index contributed by atoms with van der Waals surface area (Å²) in [5, 5.41) is 5.82. The van der Waals surface area contributed by atoms with Crippen molar-refractivity contribution in [3.05, 3.63) is 59.9 Å². The first kappa shape index (κ1) is 10.8. The summed E-state index contributed by atoms with van der Waals surface area (Å²) in [5.74, 6) is -0.548. The van der Waals surface area contributed by atoms with Gasteiger partial charge in [0.2, 0.25) is 0 Å². The van der Waals surface area contributed by atoms with Gasteiger partial charge in [-0.25, -0.2) is 4.39 Å². The van der Waals surface area contributed by atoms with Crippen LogP contribution < -0.4 is 10.6 Å².